The van der Waals surface area contributed by atoms with Crippen molar-refractivity contribution in [2.45, 2.75) is 45.7 Å². The maximum absolute atomic E-state index is 13.2. The molecule has 2 aliphatic heterocycles. The topological polar surface area (TPSA) is 23.6 Å². The highest BCUT2D eigenvalue weighted by molar-refractivity contribution is 5.83. The number of nitrogens with zero attached hydrogens (tertiary/aromatic N) is 2. The van der Waals surface area contributed by atoms with E-state index in [-0.39, 0.29) is 6.04 Å². The molecule has 27 heavy (non-hydrogen) atoms. The summed E-state index contributed by atoms with van der Waals surface area (Å²) in [6.45, 7) is 8.16. The van der Waals surface area contributed by atoms with E-state index in [4.69, 9.17) is 0 Å². The Kier molecular flexibility index (Phi) is 5.31. The molecule has 2 aliphatic rings. The fraction of sp³-hybridized carbons (Fsp3) is 0.458. The molecule has 0 unspecified atom stereocenters. The van der Waals surface area contributed by atoms with E-state index in [1.807, 2.05) is 0 Å². The van der Waals surface area contributed by atoms with Crippen LogP contribution in [0.2, 0.25) is 0 Å². The fourth-order valence-corrected chi connectivity index (χ4v) is 4.69. The Morgan fingerprint density at radius 1 is 1.07 bits per heavy atom. The van der Waals surface area contributed by atoms with Gasteiger partial charge in [0.05, 0.1) is 6.04 Å². The maximum atomic E-state index is 13.2. The number of amides is 1. The summed E-state index contributed by atoms with van der Waals surface area (Å²) in [5.41, 5.74) is 5.32. The number of carbonyl (C=O) groups excluding carboxylic acids is 1. The highest BCUT2D eigenvalue weighted by Crippen LogP contribution is 2.31. The Morgan fingerprint density at radius 3 is 2.67 bits per heavy atom. The standard InChI is InChI=1S/C24H30N2O/c1-18(2)16-25-14-7-12-23(25)24(27)26-15-13-22-20(17-26)10-6-11-21(22)19-8-4-3-5-9-19/h3-6,8-11,18,23H,7,12-17H2,1-2H3/t23-/m0/s1. The first kappa shape index (κ1) is 18.2. The molecule has 4 rings (SSSR count). The third kappa shape index (κ3) is 3.79. The van der Waals surface area contributed by atoms with Gasteiger partial charge in [-0.15, -0.1) is 0 Å². The van der Waals surface area contributed by atoms with Crippen LogP contribution in [-0.4, -0.2) is 41.4 Å². The van der Waals surface area contributed by atoms with Gasteiger partial charge in [-0.2, -0.15) is 0 Å². The van der Waals surface area contributed by atoms with Crippen molar-refractivity contribution in [3.63, 3.8) is 0 Å². The number of carbonyl (C=O) groups is 1. The summed E-state index contributed by atoms with van der Waals surface area (Å²) in [7, 11) is 0. The summed E-state index contributed by atoms with van der Waals surface area (Å²) >= 11 is 0. The van der Waals surface area contributed by atoms with E-state index >= 15 is 0 Å². The van der Waals surface area contributed by atoms with Gasteiger partial charge in [0.15, 0.2) is 0 Å². The Bertz CT molecular complexity index is 799. The van der Waals surface area contributed by atoms with Crippen molar-refractivity contribution in [2.24, 2.45) is 5.92 Å². The van der Waals surface area contributed by atoms with Crippen LogP contribution in [0.4, 0.5) is 0 Å². The van der Waals surface area contributed by atoms with Crippen LogP contribution in [0.1, 0.15) is 37.8 Å². The van der Waals surface area contributed by atoms with Gasteiger partial charge >= 0.3 is 0 Å². The minimum absolute atomic E-state index is 0.0891. The van der Waals surface area contributed by atoms with Gasteiger partial charge in [0, 0.05) is 19.6 Å². The highest BCUT2D eigenvalue weighted by atomic mass is 16.2. The molecule has 1 fully saturated rings. The summed E-state index contributed by atoms with van der Waals surface area (Å²) < 4.78 is 0. The number of likely N-dealkylation sites (tertiary alicyclic amines) is 1. The van der Waals surface area contributed by atoms with Crippen LogP contribution in [0.3, 0.4) is 0 Å². The average molecular weight is 363 g/mol. The number of hydrogen-bond donors (Lipinski definition) is 0. The van der Waals surface area contributed by atoms with E-state index in [0.717, 1.165) is 45.4 Å². The van der Waals surface area contributed by atoms with Gasteiger partial charge in [0.1, 0.15) is 0 Å². The van der Waals surface area contributed by atoms with Crippen molar-refractivity contribution in [3.8, 4) is 11.1 Å². The molecule has 0 aliphatic carbocycles. The first-order valence-electron chi connectivity index (χ1n) is 10.3. The van der Waals surface area contributed by atoms with Gasteiger partial charge < -0.3 is 4.90 Å². The zero-order chi connectivity index (χ0) is 18.8. The lowest BCUT2D eigenvalue weighted by molar-refractivity contribution is -0.137. The van der Waals surface area contributed by atoms with Crippen molar-refractivity contribution in [1.29, 1.82) is 0 Å². The molecule has 1 amide bonds. The molecule has 0 spiro atoms. The van der Waals surface area contributed by atoms with Crippen LogP contribution < -0.4 is 0 Å². The molecule has 3 nitrogen and oxygen atoms in total. The molecule has 0 saturated carbocycles. The first-order chi connectivity index (χ1) is 13.1. The molecule has 2 heterocycles. The van der Waals surface area contributed by atoms with Gasteiger partial charge in [-0.25, -0.2) is 0 Å². The Balaban J connectivity index is 1.53. The van der Waals surface area contributed by atoms with Crippen molar-refractivity contribution in [2.75, 3.05) is 19.6 Å². The van der Waals surface area contributed by atoms with E-state index in [9.17, 15) is 4.79 Å². The number of hydrogen-bond acceptors (Lipinski definition) is 2. The van der Waals surface area contributed by atoms with Gasteiger partial charge in [0.2, 0.25) is 5.91 Å². The van der Waals surface area contributed by atoms with Gasteiger partial charge in [-0.05, 0) is 54.0 Å². The van der Waals surface area contributed by atoms with Crippen molar-refractivity contribution in [3.05, 3.63) is 59.7 Å². The lowest BCUT2D eigenvalue weighted by atomic mass is 9.90. The molecule has 0 aromatic heterocycles. The first-order valence-corrected chi connectivity index (χ1v) is 10.3. The lowest BCUT2D eigenvalue weighted by Crippen LogP contribution is -2.48. The molecule has 1 atom stereocenters. The van der Waals surface area contributed by atoms with Crippen molar-refractivity contribution < 1.29 is 4.79 Å². The van der Waals surface area contributed by atoms with Crippen LogP contribution in [0.15, 0.2) is 48.5 Å². The summed E-state index contributed by atoms with van der Waals surface area (Å²) in [5.74, 6) is 0.942. The van der Waals surface area contributed by atoms with Crippen molar-refractivity contribution in [1.82, 2.24) is 9.80 Å². The summed E-state index contributed by atoms with van der Waals surface area (Å²) in [6.07, 6.45) is 3.10. The largest absolute Gasteiger partial charge is 0.337 e. The molecular formula is C24H30N2O. The molecule has 2 aromatic carbocycles. The van der Waals surface area contributed by atoms with E-state index in [1.54, 1.807) is 0 Å². The molecule has 1 saturated heterocycles. The molecule has 3 heteroatoms. The van der Waals surface area contributed by atoms with E-state index in [1.165, 1.54) is 22.3 Å². The van der Waals surface area contributed by atoms with Crippen LogP contribution in [0.5, 0.6) is 0 Å². The quantitative estimate of drug-likeness (QED) is 0.807. The zero-order valence-electron chi connectivity index (χ0n) is 16.5. The molecule has 0 bridgehead atoms. The third-order valence-corrected chi connectivity index (χ3v) is 5.91. The molecule has 0 radical (unpaired) electrons. The Hall–Kier alpha value is -2.13. The smallest absolute Gasteiger partial charge is 0.240 e. The lowest BCUT2D eigenvalue weighted by Gasteiger charge is -2.34. The third-order valence-electron chi connectivity index (χ3n) is 5.91. The average Bonchev–Trinajstić information content (AvgIpc) is 3.14. The highest BCUT2D eigenvalue weighted by Gasteiger charge is 2.35. The van der Waals surface area contributed by atoms with Crippen molar-refractivity contribution >= 4 is 5.91 Å². The minimum Gasteiger partial charge on any atom is -0.337 e. The van der Waals surface area contributed by atoms with Gasteiger partial charge in [0.25, 0.3) is 0 Å². The van der Waals surface area contributed by atoms with E-state index in [2.05, 4.69) is 72.2 Å². The molecule has 2 aromatic rings. The van der Waals surface area contributed by atoms with Crippen LogP contribution >= 0.6 is 0 Å². The number of fused-ring (bicyclic) bond motifs is 1. The second-order valence-electron chi connectivity index (χ2n) is 8.37. The minimum atomic E-state index is 0.0891. The maximum Gasteiger partial charge on any atom is 0.240 e. The predicted molar refractivity (Wildman–Crippen MR) is 110 cm³/mol. The molecular weight excluding hydrogens is 332 g/mol. The number of rotatable bonds is 4. The van der Waals surface area contributed by atoms with Gasteiger partial charge in [-0.3, -0.25) is 9.69 Å². The predicted octanol–water partition coefficient (Wildman–Crippen LogP) is 4.36. The molecule has 142 valence electrons. The van der Waals surface area contributed by atoms with Crippen LogP contribution in [0, 0.1) is 5.92 Å². The molecule has 0 N–H and O–H groups in total. The second kappa shape index (κ2) is 7.85. The Labute approximate surface area is 163 Å². The summed E-state index contributed by atoms with van der Waals surface area (Å²) in [5, 5.41) is 0. The van der Waals surface area contributed by atoms with Gasteiger partial charge in [-0.1, -0.05) is 62.4 Å². The second-order valence-corrected chi connectivity index (χ2v) is 8.37. The van der Waals surface area contributed by atoms with Crippen LogP contribution in [-0.2, 0) is 17.8 Å². The summed E-state index contributed by atoms with van der Waals surface area (Å²) in [6, 6.07) is 17.2. The Morgan fingerprint density at radius 2 is 1.89 bits per heavy atom. The zero-order valence-corrected chi connectivity index (χ0v) is 16.5. The van der Waals surface area contributed by atoms with E-state index < -0.39 is 0 Å². The number of benzene rings is 2. The SMILES string of the molecule is CC(C)CN1CCC[C@H]1C(=O)N1CCc2c(cccc2-c2ccccc2)C1. The van der Waals surface area contributed by atoms with E-state index in [0.29, 0.717) is 11.8 Å². The summed E-state index contributed by atoms with van der Waals surface area (Å²) in [4.78, 5) is 17.7. The fourth-order valence-electron chi connectivity index (χ4n) is 4.69. The monoisotopic (exact) mass is 362 g/mol. The normalized spacial score (nSPS) is 20.1. The van der Waals surface area contributed by atoms with Crippen LogP contribution in [0.25, 0.3) is 11.1 Å².